The van der Waals surface area contributed by atoms with Crippen molar-refractivity contribution in [2.45, 2.75) is 177 Å². The van der Waals surface area contributed by atoms with Gasteiger partial charge in [-0.25, -0.2) is 52.3 Å². The van der Waals surface area contributed by atoms with Gasteiger partial charge in [0.25, 0.3) is 31.9 Å². The first-order chi connectivity index (χ1) is 46.8. The third kappa shape index (κ3) is 15.1. The lowest BCUT2D eigenvalue weighted by atomic mass is 9.93. The van der Waals surface area contributed by atoms with Gasteiger partial charge in [0.05, 0.1) is 24.3 Å². The fraction of sp³-hybridized carbons (Fsp3) is 0.580. The van der Waals surface area contributed by atoms with E-state index in [0.717, 1.165) is 37.6 Å². The average Bonchev–Trinajstić information content (AvgIpc) is 1.45. The van der Waals surface area contributed by atoms with Gasteiger partial charge in [-0.3, -0.25) is 9.59 Å². The number of halogens is 4. The van der Waals surface area contributed by atoms with Crippen LogP contribution in [0.15, 0.2) is 95.2 Å². The van der Waals surface area contributed by atoms with Crippen molar-refractivity contribution in [2.24, 2.45) is 45.3 Å². The van der Waals surface area contributed by atoms with Crippen LogP contribution < -0.4 is 34.9 Å². The molecule has 5 N–H and O–H groups in total. The first kappa shape index (κ1) is 70.2. The lowest BCUT2D eigenvalue weighted by Gasteiger charge is -2.33. The van der Waals surface area contributed by atoms with Gasteiger partial charge in [0.1, 0.15) is 39.9 Å². The Bertz CT molecular complexity index is 4270. The normalized spacial score (nSPS) is 21.9. The molecule has 99 heavy (non-hydrogen) atoms. The molecule has 8 fully saturated rings. The summed E-state index contributed by atoms with van der Waals surface area (Å²) in [5, 5.41) is 16.7. The summed E-state index contributed by atoms with van der Waals surface area (Å²) < 4.78 is 106. The molecule has 3 amide bonds. The minimum atomic E-state index is -4.44. The topological polar surface area (TPSA) is 298 Å². The quantitative estimate of drug-likeness (QED) is 0.0315. The number of fused-ring (bicyclic) bond motifs is 2. The molecule has 4 spiro atoms. The summed E-state index contributed by atoms with van der Waals surface area (Å²) in [7, 11) is -8.80. The summed E-state index contributed by atoms with van der Waals surface area (Å²) in [6.07, 6.45) is 15.6. The van der Waals surface area contributed by atoms with E-state index < -0.39 is 71.5 Å². The van der Waals surface area contributed by atoms with E-state index in [2.05, 4.69) is 59.9 Å². The van der Waals surface area contributed by atoms with Crippen molar-refractivity contribution in [2.75, 3.05) is 50.0 Å². The van der Waals surface area contributed by atoms with E-state index in [1.54, 1.807) is 56.3 Å². The highest BCUT2D eigenvalue weighted by molar-refractivity contribution is 7.90. The van der Waals surface area contributed by atoms with E-state index in [-0.39, 0.29) is 70.0 Å². The maximum atomic E-state index is 15.2. The van der Waals surface area contributed by atoms with E-state index in [0.29, 0.717) is 77.7 Å². The molecular formula is C69H86Cl2F2N14O10S2. The molecule has 6 aromatic rings. The molecule has 2 saturated heterocycles. The fourth-order valence-electron chi connectivity index (χ4n) is 16.5. The maximum absolute atomic E-state index is 15.2. The van der Waals surface area contributed by atoms with Gasteiger partial charge >= 0.3 is 6.09 Å². The highest BCUT2D eigenvalue weighted by Gasteiger charge is 2.86. The Morgan fingerprint density at radius 3 is 1.44 bits per heavy atom. The van der Waals surface area contributed by atoms with Crippen LogP contribution in [0.1, 0.15) is 159 Å². The molecule has 4 unspecified atom stereocenters. The molecule has 2 aliphatic heterocycles. The zero-order chi connectivity index (χ0) is 70.3. The molecule has 0 radical (unpaired) electrons. The Morgan fingerprint density at radius 1 is 0.616 bits per heavy atom. The second kappa shape index (κ2) is 26.3. The zero-order valence-corrected chi connectivity index (χ0v) is 59.8. The number of pyridine rings is 4. The van der Waals surface area contributed by atoms with Crippen molar-refractivity contribution < 1.29 is 54.2 Å². The van der Waals surface area contributed by atoms with Crippen LogP contribution in [0.2, 0.25) is 10.3 Å². The third-order valence-electron chi connectivity index (χ3n) is 21.6. The van der Waals surface area contributed by atoms with E-state index in [1.807, 2.05) is 23.3 Å². The number of nitrogens with zero attached hydrogens (tertiary/aromatic N) is 9. The molecule has 6 aliphatic carbocycles. The largest absolute Gasteiger partial charge is 0.477 e. The Labute approximate surface area is 585 Å². The second-order valence-corrected chi connectivity index (χ2v) is 34.5. The lowest BCUT2D eigenvalue weighted by molar-refractivity contribution is 0.0129. The van der Waals surface area contributed by atoms with Gasteiger partial charge < -0.3 is 35.1 Å². The molecular weight excluding hydrogens is 1360 g/mol. The summed E-state index contributed by atoms with van der Waals surface area (Å²) in [6, 6.07) is 17.6. The molecule has 8 aliphatic rings. The number of ether oxygens (including phenoxy) is 3. The van der Waals surface area contributed by atoms with Gasteiger partial charge in [-0.1, -0.05) is 35.3 Å². The standard InChI is InChI=1S/C37H47ClFN7O6S.C32H39ClFN7O4S/c1-34(2,3)52-33(48)45-22-23(20-35(45,4)5)19-24(39)21-40-27-7-6-8-30(41-27)53(49,50)44-32(47)25-9-10-28(42-31(25)38)46-17-11-29(43-46)51-18-12-26-36(13-14-36)37(26)15-16-37;1-30(2)17-20(18-36-30)16-21(34)19-35-24-4-3-5-27(37-24)46(43,44)40-29(42)22-6-7-25(38-28(22)33)41-14-8-26(39-41)45-15-9-23-31(10-11-31)32(23)12-13-32/h6-11,17,23-24,26H,12-16,18-22H2,1-5H3,(H,40,41)(H,44,47);3-8,14,20-21,23,36H,9-13,15-19H2,1-2H3,(H,35,37)(H,40,42). The first-order valence-electron chi connectivity index (χ1n) is 34.1. The van der Waals surface area contributed by atoms with Crippen LogP contribution in [0.25, 0.3) is 11.6 Å². The van der Waals surface area contributed by atoms with Crippen molar-refractivity contribution in [1.82, 2.24) is 59.2 Å². The van der Waals surface area contributed by atoms with Crippen molar-refractivity contribution in [3.8, 4) is 23.4 Å². The Morgan fingerprint density at radius 2 is 1.05 bits per heavy atom. The zero-order valence-electron chi connectivity index (χ0n) is 56.6. The third-order valence-corrected chi connectivity index (χ3v) is 24.6. The molecule has 24 nitrogen and oxygen atoms in total. The number of likely N-dealkylation sites (tertiary alicyclic amines) is 1. The van der Waals surface area contributed by atoms with E-state index in [1.165, 1.54) is 115 Å². The van der Waals surface area contributed by atoms with Crippen molar-refractivity contribution >= 4 is 72.8 Å². The summed E-state index contributed by atoms with van der Waals surface area (Å²) in [5.41, 5.74) is 1.14. The minimum absolute atomic E-state index is 0.00165. The van der Waals surface area contributed by atoms with Gasteiger partial charge in [0.15, 0.2) is 21.7 Å². The SMILES string of the molecule is CC(C)(C)OC(=O)N1CC(CC(F)CNc2cccc(S(=O)(=O)NC(=O)c3ccc(-n4ccc(OCCC5C6(CC6)C56CC6)n4)nc3Cl)n2)CC1(C)C.CC1(C)CC(CC(F)CNc2cccc(S(=O)(=O)NC(=O)c3ccc(-n4ccc(OCCC5C6(CC6)C56CC6)n4)nc3Cl)n2)CN1. The molecule has 14 rings (SSSR count). The van der Waals surface area contributed by atoms with Crippen LogP contribution in [-0.4, -0.2) is 148 Å². The average molecular weight is 1440 g/mol. The number of nitrogens with one attached hydrogen (secondary N) is 5. The van der Waals surface area contributed by atoms with Crippen LogP contribution in [0.3, 0.4) is 0 Å². The predicted molar refractivity (Wildman–Crippen MR) is 366 cm³/mol. The van der Waals surface area contributed by atoms with Crippen LogP contribution in [-0.2, 0) is 24.8 Å². The highest BCUT2D eigenvalue weighted by atomic mass is 35.5. The van der Waals surface area contributed by atoms with Gasteiger partial charge in [-0.05, 0) is 239 Å². The Hall–Kier alpha value is -7.27. The molecule has 6 saturated carbocycles. The van der Waals surface area contributed by atoms with Crippen molar-refractivity contribution in [3.63, 3.8) is 0 Å². The van der Waals surface area contributed by atoms with Gasteiger partial charge in [0, 0.05) is 55.2 Å². The number of hydrogen-bond donors (Lipinski definition) is 5. The smallest absolute Gasteiger partial charge is 0.410 e. The van der Waals surface area contributed by atoms with E-state index >= 15 is 4.39 Å². The summed E-state index contributed by atoms with van der Waals surface area (Å²) in [5.74, 6) is 1.66. The first-order valence-corrected chi connectivity index (χ1v) is 37.8. The molecule has 532 valence electrons. The maximum Gasteiger partial charge on any atom is 0.410 e. The van der Waals surface area contributed by atoms with Crippen LogP contribution in [0.5, 0.6) is 11.8 Å². The van der Waals surface area contributed by atoms with Gasteiger partial charge in [-0.2, -0.15) is 16.8 Å². The summed E-state index contributed by atoms with van der Waals surface area (Å²) in [4.78, 5) is 57.0. The number of carbonyl (C=O) groups excluding carboxylic acids is 3. The molecule has 30 heteroatoms. The van der Waals surface area contributed by atoms with E-state index in [9.17, 15) is 35.6 Å². The Kier molecular flexibility index (Phi) is 18.6. The highest BCUT2D eigenvalue weighted by Crippen LogP contribution is 2.94. The Balaban J connectivity index is 0.000000179. The van der Waals surface area contributed by atoms with Crippen molar-refractivity contribution in [3.05, 3.63) is 107 Å². The van der Waals surface area contributed by atoms with E-state index in [4.69, 9.17) is 37.4 Å². The van der Waals surface area contributed by atoms with Crippen LogP contribution >= 0.6 is 23.2 Å². The van der Waals surface area contributed by atoms with Crippen LogP contribution in [0, 0.1) is 45.3 Å². The molecule has 0 bridgehead atoms. The van der Waals surface area contributed by atoms with Crippen LogP contribution in [0.4, 0.5) is 25.2 Å². The fourth-order valence-corrected chi connectivity index (χ4v) is 18.8. The summed E-state index contributed by atoms with van der Waals surface area (Å²) >= 11 is 12.7. The molecule has 6 aromatic heterocycles. The number of sulfonamides is 2. The van der Waals surface area contributed by atoms with Gasteiger partial charge in [0.2, 0.25) is 11.8 Å². The molecule has 8 heterocycles. The van der Waals surface area contributed by atoms with Crippen molar-refractivity contribution in [1.29, 1.82) is 0 Å². The number of carbonyl (C=O) groups is 3. The molecule has 4 atom stereocenters. The lowest BCUT2D eigenvalue weighted by Crippen LogP contribution is -2.45. The monoisotopic (exact) mass is 1440 g/mol. The predicted octanol–water partition coefficient (Wildman–Crippen LogP) is 11.5. The number of aromatic nitrogens is 8. The van der Waals surface area contributed by atoms with Gasteiger partial charge in [-0.15, -0.1) is 10.2 Å². The minimum Gasteiger partial charge on any atom is -0.477 e. The summed E-state index contributed by atoms with van der Waals surface area (Å²) in [6.45, 7) is 15.7. The number of amides is 3. The second-order valence-electron chi connectivity index (χ2n) is 30.5. The number of hydrogen-bond acceptors (Lipinski definition) is 19. The molecule has 0 aromatic carbocycles. The number of anilines is 2. The number of alkyl halides is 2. The number of rotatable bonds is 26.